The van der Waals surface area contributed by atoms with E-state index in [2.05, 4.69) is 10.0 Å². The van der Waals surface area contributed by atoms with Gasteiger partial charge in [0.2, 0.25) is 10.0 Å². The van der Waals surface area contributed by atoms with Gasteiger partial charge in [-0.2, -0.15) is 0 Å². The SMILES string of the molecule is COc1ccccc1CNS(=O)(=O)C1CCNC1. The Hall–Kier alpha value is -1.11. The van der Waals surface area contributed by atoms with Crippen LogP contribution in [-0.4, -0.2) is 33.9 Å². The topological polar surface area (TPSA) is 67.4 Å². The zero-order chi connectivity index (χ0) is 13.0. The molecule has 100 valence electrons. The number of hydrogen-bond acceptors (Lipinski definition) is 4. The molecule has 1 fully saturated rings. The van der Waals surface area contributed by atoms with Gasteiger partial charge in [-0.3, -0.25) is 0 Å². The number of sulfonamides is 1. The van der Waals surface area contributed by atoms with Gasteiger partial charge in [0.25, 0.3) is 0 Å². The summed E-state index contributed by atoms with van der Waals surface area (Å²) in [6, 6.07) is 7.40. The van der Waals surface area contributed by atoms with E-state index < -0.39 is 10.0 Å². The van der Waals surface area contributed by atoms with Crippen LogP contribution >= 0.6 is 0 Å². The van der Waals surface area contributed by atoms with E-state index in [4.69, 9.17) is 4.74 Å². The molecule has 6 heteroatoms. The molecule has 1 aliphatic heterocycles. The van der Waals surface area contributed by atoms with Gasteiger partial charge in [0.1, 0.15) is 5.75 Å². The Labute approximate surface area is 108 Å². The second-order valence-electron chi connectivity index (χ2n) is 4.29. The van der Waals surface area contributed by atoms with Crippen LogP contribution < -0.4 is 14.8 Å². The number of rotatable bonds is 5. The van der Waals surface area contributed by atoms with Gasteiger partial charge in [-0.25, -0.2) is 13.1 Å². The summed E-state index contributed by atoms with van der Waals surface area (Å²) in [5, 5.41) is 2.73. The van der Waals surface area contributed by atoms with Gasteiger partial charge in [0.15, 0.2) is 0 Å². The first-order chi connectivity index (χ1) is 8.63. The van der Waals surface area contributed by atoms with Crippen LogP contribution in [0, 0.1) is 0 Å². The van der Waals surface area contributed by atoms with Crippen LogP contribution in [0.2, 0.25) is 0 Å². The molecule has 1 heterocycles. The van der Waals surface area contributed by atoms with Gasteiger partial charge in [-0.1, -0.05) is 18.2 Å². The highest BCUT2D eigenvalue weighted by Gasteiger charge is 2.28. The number of ether oxygens (including phenoxy) is 1. The van der Waals surface area contributed by atoms with Crippen molar-refractivity contribution < 1.29 is 13.2 Å². The molecule has 0 saturated carbocycles. The van der Waals surface area contributed by atoms with Crippen molar-refractivity contribution in [3.05, 3.63) is 29.8 Å². The predicted molar refractivity (Wildman–Crippen MR) is 70.0 cm³/mol. The third-order valence-electron chi connectivity index (χ3n) is 3.11. The molecule has 2 rings (SSSR count). The van der Waals surface area contributed by atoms with Crippen LogP contribution in [0.1, 0.15) is 12.0 Å². The van der Waals surface area contributed by atoms with E-state index in [1.165, 1.54) is 0 Å². The molecular formula is C12H18N2O3S. The highest BCUT2D eigenvalue weighted by atomic mass is 32.2. The lowest BCUT2D eigenvalue weighted by molar-refractivity contribution is 0.409. The molecule has 0 bridgehead atoms. The van der Waals surface area contributed by atoms with Crippen LogP contribution in [-0.2, 0) is 16.6 Å². The van der Waals surface area contributed by atoms with Crippen LogP contribution in [0.25, 0.3) is 0 Å². The molecule has 0 spiro atoms. The number of para-hydroxylation sites is 1. The van der Waals surface area contributed by atoms with Crippen LogP contribution in [0.15, 0.2) is 24.3 Å². The Balaban J connectivity index is 2.02. The average molecular weight is 270 g/mol. The molecule has 0 aliphatic carbocycles. The molecule has 1 atom stereocenters. The Morgan fingerprint density at radius 2 is 2.22 bits per heavy atom. The normalized spacial score (nSPS) is 19.9. The van der Waals surface area contributed by atoms with Gasteiger partial charge in [0, 0.05) is 18.7 Å². The minimum absolute atomic E-state index is 0.267. The van der Waals surface area contributed by atoms with Gasteiger partial charge >= 0.3 is 0 Å². The summed E-state index contributed by atoms with van der Waals surface area (Å²) in [7, 11) is -1.67. The maximum Gasteiger partial charge on any atom is 0.216 e. The third-order valence-corrected chi connectivity index (χ3v) is 4.94. The van der Waals surface area contributed by atoms with Gasteiger partial charge in [-0.15, -0.1) is 0 Å². The summed E-state index contributed by atoms with van der Waals surface area (Å²) in [6.07, 6.45) is 0.668. The Bertz CT molecular complexity index is 496. The van der Waals surface area contributed by atoms with Crippen molar-refractivity contribution in [1.29, 1.82) is 0 Å². The molecule has 1 aliphatic rings. The molecule has 0 aromatic heterocycles. The summed E-state index contributed by atoms with van der Waals surface area (Å²) in [4.78, 5) is 0. The predicted octanol–water partition coefficient (Wildman–Crippen LogP) is 0.476. The van der Waals surface area contributed by atoms with Crippen molar-refractivity contribution in [2.24, 2.45) is 0 Å². The molecule has 0 radical (unpaired) electrons. The van der Waals surface area contributed by atoms with E-state index >= 15 is 0 Å². The lowest BCUT2D eigenvalue weighted by atomic mass is 10.2. The van der Waals surface area contributed by atoms with Gasteiger partial charge in [-0.05, 0) is 19.0 Å². The lowest BCUT2D eigenvalue weighted by Crippen LogP contribution is -2.35. The highest BCUT2D eigenvalue weighted by molar-refractivity contribution is 7.90. The summed E-state index contributed by atoms with van der Waals surface area (Å²) in [5.74, 6) is 0.699. The fraction of sp³-hybridized carbons (Fsp3) is 0.500. The van der Waals surface area contributed by atoms with Crippen LogP contribution in [0.4, 0.5) is 0 Å². The highest BCUT2D eigenvalue weighted by Crippen LogP contribution is 2.18. The molecule has 0 amide bonds. The smallest absolute Gasteiger partial charge is 0.216 e. The summed E-state index contributed by atoms with van der Waals surface area (Å²) >= 11 is 0. The lowest BCUT2D eigenvalue weighted by Gasteiger charge is -2.13. The van der Waals surface area contributed by atoms with Crippen molar-refractivity contribution in [2.75, 3.05) is 20.2 Å². The second kappa shape index (κ2) is 5.69. The monoisotopic (exact) mass is 270 g/mol. The van der Waals surface area contributed by atoms with Gasteiger partial charge < -0.3 is 10.1 Å². The maximum atomic E-state index is 12.0. The van der Waals surface area contributed by atoms with E-state index in [0.29, 0.717) is 18.7 Å². The van der Waals surface area contributed by atoms with Crippen molar-refractivity contribution in [2.45, 2.75) is 18.2 Å². The zero-order valence-corrected chi connectivity index (χ0v) is 11.2. The fourth-order valence-corrected chi connectivity index (χ4v) is 3.40. The van der Waals surface area contributed by atoms with Gasteiger partial charge in [0.05, 0.1) is 12.4 Å². The summed E-state index contributed by atoms with van der Waals surface area (Å²) in [6.45, 7) is 1.56. The first-order valence-corrected chi connectivity index (χ1v) is 7.49. The van der Waals surface area contributed by atoms with Crippen molar-refractivity contribution in [1.82, 2.24) is 10.0 Å². The minimum atomic E-state index is -3.25. The molecule has 1 unspecified atom stereocenters. The second-order valence-corrected chi connectivity index (χ2v) is 6.34. The molecule has 1 aromatic rings. The van der Waals surface area contributed by atoms with Crippen LogP contribution in [0.3, 0.4) is 0 Å². The van der Waals surface area contributed by atoms with Crippen molar-refractivity contribution in [3.8, 4) is 5.75 Å². The van der Waals surface area contributed by atoms with E-state index in [-0.39, 0.29) is 11.8 Å². The largest absolute Gasteiger partial charge is 0.496 e. The minimum Gasteiger partial charge on any atom is -0.496 e. The number of nitrogens with one attached hydrogen (secondary N) is 2. The summed E-state index contributed by atoms with van der Waals surface area (Å²) < 4.78 is 31.9. The van der Waals surface area contributed by atoms with E-state index in [1.807, 2.05) is 24.3 Å². The zero-order valence-electron chi connectivity index (χ0n) is 10.3. The standard InChI is InChI=1S/C12H18N2O3S/c1-17-12-5-3-2-4-10(12)8-14-18(15,16)11-6-7-13-9-11/h2-5,11,13-14H,6-9H2,1H3. The quantitative estimate of drug-likeness (QED) is 0.816. The Morgan fingerprint density at radius 1 is 1.44 bits per heavy atom. The number of methoxy groups -OCH3 is 1. The Kier molecular flexibility index (Phi) is 4.21. The molecule has 18 heavy (non-hydrogen) atoms. The van der Waals surface area contributed by atoms with E-state index in [1.54, 1.807) is 7.11 Å². The number of hydrogen-bond donors (Lipinski definition) is 2. The molecule has 2 N–H and O–H groups in total. The van der Waals surface area contributed by atoms with Crippen LogP contribution in [0.5, 0.6) is 5.75 Å². The van der Waals surface area contributed by atoms with Crippen molar-refractivity contribution in [3.63, 3.8) is 0 Å². The first-order valence-electron chi connectivity index (χ1n) is 5.94. The molecular weight excluding hydrogens is 252 g/mol. The molecule has 5 nitrogen and oxygen atoms in total. The maximum absolute atomic E-state index is 12.0. The average Bonchev–Trinajstić information content (AvgIpc) is 2.91. The summed E-state index contributed by atoms with van der Waals surface area (Å²) in [5.41, 5.74) is 0.842. The third kappa shape index (κ3) is 3.01. The first kappa shape index (κ1) is 13.3. The number of benzene rings is 1. The molecule has 1 aromatic carbocycles. The Morgan fingerprint density at radius 3 is 2.89 bits per heavy atom. The molecule has 1 saturated heterocycles. The van der Waals surface area contributed by atoms with E-state index in [0.717, 1.165) is 12.1 Å². The van der Waals surface area contributed by atoms with Crippen molar-refractivity contribution >= 4 is 10.0 Å². The fourth-order valence-electron chi connectivity index (χ4n) is 2.04. The van der Waals surface area contributed by atoms with E-state index in [9.17, 15) is 8.42 Å².